The highest BCUT2D eigenvalue weighted by molar-refractivity contribution is 6.17. The highest BCUT2D eigenvalue weighted by atomic mass is 16.6. The van der Waals surface area contributed by atoms with Gasteiger partial charge in [-0.2, -0.15) is 0 Å². The van der Waals surface area contributed by atoms with Crippen LogP contribution in [0.15, 0.2) is 53.3 Å². The summed E-state index contributed by atoms with van der Waals surface area (Å²) >= 11 is 0. The Bertz CT molecular complexity index is 1410. The van der Waals surface area contributed by atoms with E-state index in [4.69, 9.17) is 4.74 Å². The predicted octanol–water partition coefficient (Wildman–Crippen LogP) is 3.46. The van der Waals surface area contributed by atoms with Crippen molar-refractivity contribution in [2.45, 2.75) is 71.7 Å². The number of carbonyl (C=O) groups is 4. The highest BCUT2D eigenvalue weighted by Gasteiger charge is 2.55. The number of nitrogens with one attached hydrogen (secondary N) is 1. The summed E-state index contributed by atoms with van der Waals surface area (Å²) in [6, 6.07) is 1.40. The number of hydrogen-bond acceptors (Lipinski definition) is 8. The number of benzene rings is 1. The molecule has 1 aliphatic carbocycles. The van der Waals surface area contributed by atoms with Gasteiger partial charge in [-0.3, -0.25) is 14.4 Å². The summed E-state index contributed by atoms with van der Waals surface area (Å²) in [4.78, 5) is 53.1. The lowest BCUT2D eigenvalue weighted by Crippen LogP contribution is -2.39. The zero-order chi connectivity index (χ0) is 29.5. The van der Waals surface area contributed by atoms with Gasteiger partial charge in [0.1, 0.15) is 23.6 Å². The van der Waals surface area contributed by atoms with Crippen molar-refractivity contribution in [2.24, 2.45) is 11.8 Å². The fourth-order valence-corrected chi connectivity index (χ4v) is 5.48. The molecule has 212 valence electrons. The van der Waals surface area contributed by atoms with Gasteiger partial charge in [0.2, 0.25) is 5.91 Å². The highest BCUT2D eigenvalue weighted by Crippen LogP contribution is 2.49. The number of aryl methyl sites for hydroxylation is 1. The Balaban J connectivity index is 1.95. The average Bonchev–Trinajstić information content (AvgIpc) is 3.13. The van der Waals surface area contributed by atoms with Crippen LogP contribution in [0.2, 0.25) is 0 Å². The number of aliphatic hydroxyl groups is 2. The van der Waals surface area contributed by atoms with Crippen LogP contribution in [0.4, 0.5) is 0 Å². The van der Waals surface area contributed by atoms with Crippen LogP contribution in [0.5, 0.6) is 5.75 Å². The van der Waals surface area contributed by atoms with Crippen molar-refractivity contribution in [1.29, 1.82) is 0 Å². The van der Waals surface area contributed by atoms with Crippen molar-refractivity contribution in [3.63, 3.8) is 0 Å². The molecular weight excluding hydrogens is 514 g/mol. The quantitative estimate of drug-likeness (QED) is 0.324. The molecule has 0 radical (unpaired) electrons. The van der Waals surface area contributed by atoms with Crippen LogP contribution in [0.25, 0.3) is 0 Å². The van der Waals surface area contributed by atoms with Gasteiger partial charge in [-0.15, -0.1) is 0 Å². The second kappa shape index (κ2) is 11.0. The van der Waals surface area contributed by atoms with E-state index in [1.165, 1.54) is 25.1 Å². The SMILES string of the molecule is CC[C@H]1/C=C/[C@@H](O)[C@@H](C=C(C)C)OC(=O)C(C)=C[C@H]2C(=O)NC3=CC(=O)c4c(cc(C)c(O)c4C(=O)CC1)[C@@]32O. The topological polar surface area (TPSA) is 150 Å². The van der Waals surface area contributed by atoms with Gasteiger partial charge in [-0.25, -0.2) is 4.79 Å². The lowest BCUT2D eigenvalue weighted by atomic mass is 9.72. The molecule has 1 fully saturated rings. The number of amides is 1. The second-order valence-corrected chi connectivity index (χ2v) is 11.0. The monoisotopic (exact) mass is 549 g/mol. The van der Waals surface area contributed by atoms with Crippen molar-refractivity contribution in [2.75, 3.05) is 0 Å². The van der Waals surface area contributed by atoms with Crippen molar-refractivity contribution in [3.8, 4) is 5.75 Å². The van der Waals surface area contributed by atoms with Crippen LogP contribution in [-0.2, 0) is 19.9 Å². The molecule has 9 nitrogen and oxygen atoms in total. The fraction of sp³-hybridized carbons (Fsp3) is 0.419. The molecule has 3 aliphatic rings. The number of carbonyl (C=O) groups excluding carboxylic acids is 4. The van der Waals surface area contributed by atoms with Gasteiger partial charge in [-0.05, 0) is 64.2 Å². The number of cyclic esters (lactones) is 1. The van der Waals surface area contributed by atoms with Crippen LogP contribution < -0.4 is 5.32 Å². The summed E-state index contributed by atoms with van der Waals surface area (Å²) in [7, 11) is 0. The zero-order valence-electron chi connectivity index (χ0n) is 23.3. The Kier molecular flexibility index (Phi) is 8.01. The average molecular weight is 550 g/mol. The number of ether oxygens (including phenoxy) is 1. The summed E-state index contributed by atoms with van der Waals surface area (Å²) < 4.78 is 5.62. The van der Waals surface area contributed by atoms with Crippen molar-refractivity contribution in [3.05, 3.63) is 75.5 Å². The number of phenolic OH excluding ortho intramolecular Hbond substituents is 1. The minimum absolute atomic E-state index is 0.000776. The smallest absolute Gasteiger partial charge is 0.334 e. The predicted molar refractivity (Wildman–Crippen MR) is 146 cm³/mol. The molecule has 2 aliphatic heterocycles. The van der Waals surface area contributed by atoms with Crippen LogP contribution >= 0.6 is 0 Å². The number of allylic oxidation sites excluding steroid dienone is 3. The standard InChI is InChI=1S/C31H35NO8/c1-6-18-7-9-21(33)24(11-15(2)3)40-30(38)17(5)13-20-29(37)32-25-14-23(35)26-19(31(20,25)39)12-16(4)28(36)27(26)22(34)10-8-18/h7,9,11-14,18,20-21,24,33,36,39H,6,8,10H2,1-5H3,(H,32,37)/b9-7+,17-13?/t18-,20-,21+,24+,31-/m0/s1. The molecule has 1 amide bonds. The maximum Gasteiger partial charge on any atom is 0.334 e. The third-order valence-corrected chi connectivity index (χ3v) is 7.77. The molecule has 4 rings (SSSR count). The van der Waals surface area contributed by atoms with Gasteiger partial charge in [0, 0.05) is 29.2 Å². The first kappa shape index (κ1) is 29.2. The molecule has 2 heterocycles. The van der Waals surface area contributed by atoms with E-state index in [-0.39, 0.29) is 51.6 Å². The summed E-state index contributed by atoms with van der Waals surface area (Å²) in [6.07, 6.45) is 6.01. The molecule has 4 bridgehead atoms. The number of aliphatic hydroxyl groups excluding tert-OH is 1. The maximum atomic E-state index is 13.5. The van der Waals surface area contributed by atoms with Gasteiger partial charge in [-0.1, -0.05) is 30.7 Å². The van der Waals surface area contributed by atoms with Crippen LogP contribution in [0, 0.1) is 18.8 Å². The summed E-state index contributed by atoms with van der Waals surface area (Å²) in [5.74, 6) is -4.41. The third kappa shape index (κ3) is 5.07. The fourth-order valence-electron chi connectivity index (χ4n) is 5.48. The van der Waals surface area contributed by atoms with Crippen LogP contribution in [0.3, 0.4) is 0 Å². The van der Waals surface area contributed by atoms with E-state index in [1.807, 2.05) is 6.92 Å². The number of Topliss-reactive ketones (excluding diaryl/α,β-unsaturated/α-hetero) is 1. The molecule has 0 aromatic heterocycles. The second-order valence-electron chi connectivity index (χ2n) is 11.0. The number of rotatable bonds is 2. The molecule has 0 spiro atoms. The zero-order valence-corrected chi connectivity index (χ0v) is 23.3. The molecule has 1 aromatic rings. The Labute approximate surface area is 232 Å². The lowest BCUT2D eigenvalue weighted by molar-refractivity contribution is -0.145. The molecule has 1 aromatic carbocycles. The van der Waals surface area contributed by atoms with Crippen molar-refractivity contribution < 1.29 is 39.2 Å². The van der Waals surface area contributed by atoms with E-state index < -0.39 is 47.2 Å². The van der Waals surface area contributed by atoms with Gasteiger partial charge >= 0.3 is 5.97 Å². The summed E-state index contributed by atoms with van der Waals surface area (Å²) in [6.45, 7) is 8.50. The number of ketones is 2. The van der Waals surface area contributed by atoms with E-state index in [0.29, 0.717) is 12.8 Å². The lowest BCUT2D eigenvalue weighted by Gasteiger charge is -2.34. The third-order valence-electron chi connectivity index (χ3n) is 7.77. The van der Waals surface area contributed by atoms with E-state index in [9.17, 15) is 34.5 Å². The molecule has 40 heavy (non-hydrogen) atoms. The molecule has 5 atom stereocenters. The summed E-state index contributed by atoms with van der Waals surface area (Å²) in [5, 5.41) is 36.4. The Morgan fingerprint density at radius 1 is 1.15 bits per heavy atom. The van der Waals surface area contributed by atoms with E-state index >= 15 is 0 Å². The first-order chi connectivity index (χ1) is 18.8. The van der Waals surface area contributed by atoms with Crippen molar-refractivity contribution >= 4 is 23.4 Å². The number of esters is 1. The normalized spacial score (nSPS) is 29.6. The number of aromatic hydroxyl groups is 1. The molecule has 4 N–H and O–H groups in total. The molecule has 0 saturated carbocycles. The first-order valence-electron chi connectivity index (χ1n) is 13.4. The van der Waals surface area contributed by atoms with Gasteiger partial charge in [0.05, 0.1) is 17.2 Å². The Morgan fingerprint density at radius 3 is 2.50 bits per heavy atom. The van der Waals surface area contributed by atoms with E-state index in [1.54, 1.807) is 32.9 Å². The minimum atomic E-state index is -2.10. The van der Waals surface area contributed by atoms with Gasteiger partial charge < -0.3 is 25.4 Å². The number of phenols is 1. The first-order valence-corrected chi connectivity index (χ1v) is 13.4. The molecule has 1 saturated heterocycles. The molecule has 0 unspecified atom stereocenters. The minimum Gasteiger partial charge on any atom is -0.507 e. The van der Waals surface area contributed by atoms with E-state index in [2.05, 4.69) is 5.32 Å². The molecular formula is C31H35NO8. The molecule has 9 heteroatoms. The summed E-state index contributed by atoms with van der Waals surface area (Å²) in [5.41, 5.74) is -1.48. The van der Waals surface area contributed by atoms with Crippen LogP contribution in [0.1, 0.15) is 78.8 Å². The largest absolute Gasteiger partial charge is 0.507 e. The van der Waals surface area contributed by atoms with Crippen LogP contribution in [-0.4, -0.2) is 51.0 Å². The number of hydrogen-bond donors (Lipinski definition) is 4. The van der Waals surface area contributed by atoms with E-state index in [0.717, 1.165) is 11.6 Å². The van der Waals surface area contributed by atoms with Gasteiger partial charge in [0.15, 0.2) is 11.6 Å². The van der Waals surface area contributed by atoms with Gasteiger partial charge in [0.25, 0.3) is 0 Å². The Hall–Kier alpha value is -3.82. The Morgan fingerprint density at radius 2 is 1.85 bits per heavy atom. The van der Waals surface area contributed by atoms with Crippen molar-refractivity contribution in [1.82, 2.24) is 5.32 Å². The maximum absolute atomic E-state index is 13.5.